The lowest BCUT2D eigenvalue weighted by molar-refractivity contribution is 0.0965. The van der Waals surface area contributed by atoms with Gasteiger partial charge in [0.1, 0.15) is 0 Å². The molecule has 5 heteroatoms. The monoisotopic (exact) mass is 379 g/mol. The van der Waals surface area contributed by atoms with Crippen LogP contribution in [0.4, 0.5) is 0 Å². The third-order valence-corrected chi connectivity index (χ3v) is 7.52. The predicted octanol–water partition coefficient (Wildman–Crippen LogP) is 4.88. The Bertz CT molecular complexity index is 659. The molecule has 0 saturated carbocycles. The normalized spacial score (nSPS) is 16.3. The highest BCUT2D eigenvalue weighted by atomic mass is 79.9. The van der Waals surface area contributed by atoms with E-state index in [1.54, 1.807) is 12.4 Å². The van der Waals surface area contributed by atoms with E-state index in [0.29, 0.717) is 4.58 Å². The van der Waals surface area contributed by atoms with Crippen LogP contribution < -0.4 is 0 Å². The molecular formula is C16H14BrNOS2. The van der Waals surface area contributed by atoms with Gasteiger partial charge in [-0.2, -0.15) is 0 Å². The van der Waals surface area contributed by atoms with Crippen LogP contribution in [0.1, 0.15) is 27.4 Å². The van der Waals surface area contributed by atoms with Gasteiger partial charge >= 0.3 is 0 Å². The maximum absolute atomic E-state index is 13.0. The summed E-state index contributed by atoms with van der Waals surface area (Å²) in [7, 11) is 0. The average Bonchev–Trinajstić information content (AvgIpc) is 2.46. The van der Waals surface area contributed by atoms with Gasteiger partial charge in [-0.05, 0) is 42.3 Å². The third kappa shape index (κ3) is 3.20. The summed E-state index contributed by atoms with van der Waals surface area (Å²) in [6, 6.07) is 9.73. The van der Waals surface area contributed by atoms with Gasteiger partial charge < -0.3 is 0 Å². The van der Waals surface area contributed by atoms with Gasteiger partial charge in [-0.3, -0.25) is 9.78 Å². The third-order valence-electron chi connectivity index (χ3n) is 3.53. The van der Waals surface area contributed by atoms with Crippen LogP contribution in [-0.4, -0.2) is 20.4 Å². The average molecular weight is 380 g/mol. The molecule has 1 aliphatic heterocycles. The molecule has 0 spiro atoms. The molecule has 1 aliphatic rings. The van der Waals surface area contributed by atoms with Crippen molar-refractivity contribution in [2.75, 3.05) is 5.08 Å². The summed E-state index contributed by atoms with van der Waals surface area (Å²) in [6.45, 7) is 2.01. The van der Waals surface area contributed by atoms with Crippen LogP contribution in [0.25, 0.3) is 0 Å². The topological polar surface area (TPSA) is 30.0 Å². The second kappa shape index (κ2) is 6.55. The standard InChI is InChI=1S/C16H14BrNOS2/c1-10-8-12(2-3-13(10)17)15(19)14(16-20-9-21-16)11-4-6-18-7-5-11/h2-8,14,16H,9H2,1H3. The lowest BCUT2D eigenvalue weighted by atomic mass is 9.92. The molecule has 1 aromatic carbocycles. The summed E-state index contributed by atoms with van der Waals surface area (Å²) < 4.78 is 1.34. The lowest BCUT2D eigenvalue weighted by Gasteiger charge is -2.32. The van der Waals surface area contributed by atoms with Gasteiger partial charge in [-0.25, -0.2) is 0 Å². The molecule has 2 aromatic rings. The van der Waals surface area contributed by atoms with Crippen molar-refractivity contribution in [3.63, 3.8) is 0 Å². The van der Waals surface area contributed by atoms with Crippen molar-refractivity contribution in [1.82, 2.24) is 4.98 Å². The molecule has 1 atom stereocenters. The molecule has 2 heterocycles. The Morgan fingerprint density at radius 2 is 2.00 bits per heavy atom. The summed E-state index contributed by atoms with van der Waals surface area (Å²) in [5.41, 5.74) is 2.93. The van der Waals surface area contributed by atoms with Crippen molar-refractivity contribution >= 4 is 45.2 Å². The first kappa shape index (κ1) is 15.1. The van der Waals surface area contributed by atoms with E-state index in [0.717, 1.165) is 26.2 Å². The van der Waals surface area contributed by atoms with E-state index in [2.05, 4.69) is 20.9 Å². The number of aryl methyl sites for hydroxylation is 1. The van der Waals surface area contributed by atoms with Crippen molar-refractivity contribution < 1.29 is 4.79 Å². The van der Waals surface area contributed by atoms with Gasteiger partial charge in [0.25, 0.3) is 0 Å². The predicted molar refractivity (Wildman–Crippen MR) is 94.0 cm³/mol. The number of aromatic nitrogens is 1. The zero-order chi connectivity index (χ0) is 14.8. The highest BCUT2D eigenvalue weighted by Crippen LogP contribution is 2.48. The molecule has 3 rings (SSSR count). The number of thioether (sulfide) groups is 2. The van der Waals surface area contributed by atoms with Gasteiger partial charge in [0.2, 0.25) is 0 Å². The molecule has 21 heavy (non-hydrogen) atoms. The van der Waals surface area contributed by atoms with Crippen molar-refractivity contribution in [2.45, 2.75) is 17.4 Å². The Morgan fingerprint density at radius 1 is 1.29 bits per heavy atom. The highest BCUT2D eigenvalue weighted by Gasteiger charge is 2.35. The molecule has 1 saturated heterocycles. The molecule has 1 fully saturated rings. The number of benzene rings is 1. The van der Waals surface area contributed by atoms with E-state index in [4.69, 9.17) is 0 Å². The highest BCUT2D eigenvalue weighted by molar-refractivity contribution is 9.10. The number of nitrogens with zero attached hydrogens (tertiary/aromatic N) is 1. The Balaban J connectivity index is 1.96. The van der Waals surface area contributed by atoms with Crippen molar-refractivity contribution in [2.24, 2.45) is 0 Å². The van der Waals surface area contributed by atoms with E-state index in [1.807, 2.05) is 60.8 Å². The molecule has 2 nitrogen and oxygen atoms in total. The first-order valence-corrected chi connectivity index (χ1v) is 9.49. The second-order valence-corrected chi connectivity index (χ2v) is 8.68. The quantitative estimate of drug-likeness (QED) is 0.707. The minimum absolute atomic E-state index is 0.0997. The number of Topliss-reactive ketones (excluding diaryl/α,β-unsaturated/α-hetero) is 1. The molecule has 0 radical (unpaired) electrons. The van der Waals surface area contributed by atoms with Crippen molar-refractivity contribution in [3.05, 3.63) is 63.9 Å². The molecule has 0 amide bonds. The SMILES string of the molecule is Cc1cc(C(=O)C(c2ccncc2)C2SCS2)ccc1Br. The minimum atomic E-state index is -0.0997. The number of rotatable bonds is 4. The van der Waals surface area contributed by atoms with Gasteiger partial charge in [-0.1, -0.05) is 22.0 Å². The van der Waals surface area contributed by atoms with Crippen LogP contribution in [-0.2, 0) is 0 Å². The van der Waals surface area contributed by atoms with Crippen LogP contribution in [0.15, 0.2) is 47.2 Å². The summed E-state index contributed by atoms with van der Waals surface area (Å²) in [6.07, 6.45) is 3.52. The fourth-order valence-corrected chi connectivity index (χ4v) is 4.69. The zero-order valence-corrected chi connectivity index (χ0v) is 14.7. The van der Waals surface area contributed by atoms with Crippen LogP contribution in [0.3, 0.4) is 0 Å². The van der Waals surface area contributed by atoms with Crippen LogP contribution in [0.5, 0.6) is 0 Å². The van der Waals surface area contributed by atoms with E-state index < -0.39 is 0 Å². The van der Waals surface area contributed by atoms with Crippen LogP contribution in [0, 0.1) is 6.92 Å². The Morgan fingerprint density at radius 3 is 2.57 bits per heavy atom. The molecule has 1 unspecified atom stereocenters. The molecule has 0 aliphatic carbocycles. The molecule has 0 N–H and O–H groups in total. The molecule has 1 aromatic heterocycles. The Labute approximate surface area is 141 Å². The van der Waals surface area contributed by atoms with E-state index in [1.165, 1.54) is 0 Å². The number of ketones is 1. The lowest BCUT2D eigenvalue weighted by Crippen LogP contribution is -2.26. The van der Waals surface area contributed by atoms with Crippen molar-refractivity contribution in [3.8, 4) is 0 Å². The maximum atomic E-state index is 13.0. The number of pyridine rings is 1. The van der Waals surface area contributed by atoms with Crippen LogP contribution >= 0.6 is 39.5 Å². The molecule has 0 bridgehead atoms. The zero-order valence-electron chi connectivity index (χ0n) is 11.5. The Kier molecular flexibility index (Phi) is 4.72. The maximum Gasteiger partial charge on any atom is 0.172 e. The largest absolute Gasteiger partial charge is 0.293 e. The smallest absolute Gasteiger partial charge is 0.172 e. The first-order chi connectivity index (χ1) is 10.2. The fraction of sp³-hybridized carbons (Fsp3) is 0.250. The number of hydrogen-bond acceptors (Lipinski definition) is 4. The summed E-state index contributed by atoms with van der Waals surface area (Å²) in [5, 5.41) is 1.07. The van der Waals surface area contributed by atoms with Gasteiger partial charge in [0.05, 0.1) is 10.5 Å². The Hall–Kier alpha value is -0.780. The number of hydrogen-bond donors (Lipinski definition) is 0. The van der Waals surface area contributed by atoms with E-state index in [-0.39, 0.29) is 11.7 Å². The summed E-state index contributed by atoms with van der Waals surface area (Å²) in [5.74, 6) is 0.0961. The molecular weight excluding hydrogens is 366 g/mol. The van der Waals surface area contributed by atoms with E-state index in [9.17, 15) is 4.79 Å². The first-order valence-electron chi connectivity index (χ1n) is 6.60. The van der Waals surface area contributed by atoms with Crippen molar-refractivity contribution in [1.29, 1.82) is 0 Å². The fourth-order valence-electron chi connectivity index (χ4n) is 2.32. The second-order valence-electron chi connectivity index (χ2n) is 4.91. The van der Waals surface area contributed by atoms with E-state index >= 15 is 0 Å². The summed E-state index contributed by atoms with van der Waals surface area (Å²) in [4.78, 5) is 17.0. The number of carbonyl (C=O) groups excluding carboxylic acids is 1. The number of halogens is 1. The van der Waals surface area contributed by atoms with Gasteiger partial charge in [0.15, 0.2) is 5.78 Å². The number of carbonyl (C=O) groups is 1. The minimum Gasteiger partial charge on any atom is -0.293 e. The molecule has 108 valence electrons. The van der Waals surface area contributed by atoms with Gasteiger partial charge in [0, 0.05) is 27.5 Å². The summed E-state index contributed by atoms with van der Waals surface area (Å²) >= 11 is 7.19. The van der Waals surface area contributed by atoms with Crippen LogP contribution in [0.2, 0.25) is 0 Å². The van der Waals surface area contributed by atoms with Gasteiger partial charge in [-0.15, -0.1) is 23.5 Å².